The standard InChI is InChI=1S/C24H19NO4S/c26-21-13-14-30-20-12-11-18(15-19(20)25-21)24(28)29-23(17-9-5-2-6-10-17)22(27)16-7-3-1-4-8-16/h1-12,15,23H,13-14H2,(H,25,26)/t23-/m1/s1. The van der Waals surface area contributed by atoms with Gasteiger partial charge in [0, 0.05) is 28.2 Å². The van der Waals surface area contributed by atoms with Crippen molar-refractivity contribution in [2.24, 2.45) is 0 Å². The fraction of sp³-hybridized carbons (Fsp3) is 0.125. The number of anilines is 1. The van der Waals surface area contributed by atoms with E-state index in [1.54, 1.807) is 78.5 Å². The van der Waals surface area contributed by atoms with Gasteiger partial charge in [-0.1, -0.05) is 60.7 Å². The number of nitrogens with one attached hydrogen (secondary N) is 1. The normalized spacial score (nSPS) is 14.1. The summed E-state index contributed by atoms with van der Waals surface area (Å²) in [4.78, 5) is 38.8. The summed E-state index contributed by atoms with van der Waals surface area (Å²) >= 11 is 1.56. The van der Waals surface area contributed by atoms with Gasteiger partial charge in [-0.05, 0) is 18.2 Å². The summed E-state index contributed by atoms with van der Waals surface area (Å²) in [7, 11) is 0. The Hall–Kier alpha value is -3.38. The summed E-state index contributed by atoms with van der Waals surface area (Å²) in [6.45, 7) is 0. The zero-order chi connectivity index (χ0) is 20.9. The molecule has 1 amide bonds. The molecule has 3 aromatic rings. The van der Waals surface area contributed by atoms with Crippen molar-refractivity contribution < 1.29 is 19.1 Å². The third-order valence-electron chi connectivity index (χ3n) is 4.70. The molecule has 4 rings (SSSR count). The average molecular weight is 417 g/mol. The van der Waals surface area contributed by atoms with Crippen LogP contribution in [-0.4, -0.2) is 23.4 Å². The molecule has 0 radical (unpaired) electrons. The molecule has 30 heavy (non-hydrogen) atoms. The summed E-state index contributed by atoms with van der Waals surface area (Å²) in [5.74, 6) is -0.328. The highest BCUT2D eigenvalue weighted by atomic mass is 32.2. The topological polar surface area (TPSA) is 72.5 Å². The Balaban J connectivity index is 1.62. The summed E-state index contributed by atoms with van der Waals surface area (Å²) in [6, 6.07) is 22.7. The number of carbonyl (C=O) groups excluding carboxylic acids is 3. The first-order valence-electron chi connectivity index (χ1n) is 9.54. The van der Waals surface area contributed by atoms with Crippen LogP contribution in [0.2, 0.25) is 0 Å². The number of thioether (sulfide) groups is 1. The van der Waals surface area contributed by atoms with E-state index in [1.807, 2.05) is 12.1 Å². The maximum atomic E-state index is 13.1. The Morgan fingerprint density at radius 1 is 0.900 bits per heavy atom. The second-order valence-corrected chi connectivity index (χ2v) is 7.92. The molecule has 0 bridgehead atoms. The van der Waals surface area contributed by atoms with Crippen molar-refractivity contribution in [1.29, 1.82) is 0 Å². The first kappa shape index (κ1) is 19.9. The number of hydrogen-bond donors (Lipinski definition) is 1. The number of ketones is 1. The number of benzene rings is 3. The van der Waals surface area contributed by atoms with Crippen molar-refractivity contribution in [1.82, 2.24) is 0 Å². The summed E-state index contributed by atoms with van der Waals surface area (Å²) in [5, 5.41) is 2.82. The number of fused-ring (bicyclic) bond motifs is 1. The highest BCUT2D eigenvalue weighted by Crippen LogP contribution is 2.32. The smallest absolute Gasteiger partial charge is 0.339 e. The van der Waals surface area contributed by atoms with E-state index in [9.17, 15) is 14.4 Å². The van der Waals surface area contributed by atoms with Gasteiger partial charge in [0.25, 0.3) is 0 Å². The van der Waals surface area contributed by atoms with Crippen LogP contribution in [0.5, 0.6) is 0 Å². The molecular weight excluding hydrogens is 398 g/mol. The molecule has 0 saturated heterocycles. The van der Waals surface area contributed by atoms with Crippen molar-refractivity contribution in [3.63, 3.8) is 0 Å². The number of amides is 1. The maximum Gasteiger partial charge on any atom is 0.339 e. The third kappa shape index (κ3) is 4.44. The zero-order valence-corrected chi connectivity index (χ0v) is 16.9. The monoisotopic (exact) mass is 417 g/mol. The van der Waals surface area contributed by atoms with E-state index in [0.29, 0.717) is 29.0 Å². The van der Waals surface area contributed by atoms with Gasteiger partial charge in [0.05, 0.1) is 11.3 Å². The van der Waals surface area contributed by atoms with Crippen LogP contribution >= 0.6 is 11.8 Å². The second-order valence-electron chi connectivity index (χ2n) is 6.78. The minimum Gasteiger partial charge on any atom is -0.445 e. The molecule has 0 saturated carbocycles. The van der Waals surface area contributed by atoms with Gasteiger partial charge >= 0.3 is 5.97 Å². The first-order chi connectivity index (χ1) is 14.6. The van der Waals surface area contributed by atoms with Crippen molar-refractivity contribution in [2.45, 2.75) is 17.4 Å². The fourth-order valence-corrected chi connectivity index (χ4v) is 4.11. The predicted octanol–water partition coefficient (Wildman–Crippen LogP) is 4.90. The fourth-order valence-electron chi connectivity index (χ4n) is 3.18. The lowest BCUT2D eigenvalue weighted by Crippen LogP contribution is -2.20. The van der Waals surface area contributed by atoms with Crippen LogP contribution in [-0.2, 0) is 9.53 Å². The lowest BCUT2D eigenvalue weighted by atomic mass is 9.99. The van der Waals surface area contributed by atoms with Crippen molar-refractivity contribution in [3.05, 3.63) is 95.6 Å². The minimum atomic E-state index is -1.07. The average Bonchev–Trinajstić information content (AvgIpc) is 2.98. The largest absolute Gasteiger partial charge is 0.445 e. The van der Waals surface area contributed by atoms with Gasteiger partial charge in [0.2, 0.25) is 11.7 Å². The van der Waals surface area contributed by atoms with Gasteiger partial charge in [0.15, 0.2) is 6.10 Å². The number of ether oxygens (including phenoxy) is 1. The van der Waals surface area contributed by atoms with Gasteiger partial charge in [-0.2, -0.15) is 0 Å². The van der Waals surface area contributed by atoms with Crippen LogP contribution in [0.4, 0.5) is 5.69 Å². The van der Waals surface area contributed by atoms with E-state index in [1.165, 1.54) is 0 Å². The number of hydrogen-bond acceptors (Lipinski definition) is 5. The van der Waals surface area contributed by atoms with Gasteiger partial charge in [0.1, 0.15) is 0 Å². The van der Waals surface area contributed by atoms with Crippen molar-refractivity contribution >= 4 is 35.1 Å². The van der Waals surface area contributed by atoms with E-state index in [4.69, 9.17) is 4.74 Å². The quantitative estimate of drug-likeness (QED) is 0.472. The molecule has 3 aromatic carbocycles. The van der Waals surface area contributed by atoms with E-state index >= 15 is 0 Å². The summed E-state index contributed by atoms with van der Waals surface area (Å²) in [6.07, 6.45) is -0.648. The maximum absolute atomic E-state index is 13.1. The number of rotatable bonds is 5. The first-order valence-corrected chi connectivity index (χ1v) is 10.5. The molecule has 1 heterocycles. The Labute approximate surface area is 178 Å². The molecule has 1 aliphatic heterocycles. The van der Waals surface area contributed by atoms with Crippen molar-refractivity contribution in [3.8, 4) is 0 Å². The molecule has 5 nitrogen and oxygen atoms in total. The van der Waals surface area contributed by atoms with Gasteiger partial charge in [-0.15, -0.1) is 11.8 Å². The molecule has 0 aliphatic carbocycles. The molecule has 6 heteroatoms. The van der Waals surface area contributed by atoms with E-state index in [0.717, 1.165) is 4.90 Å². The van der Waals surface area contributed by atoms with E-state index in [2.05, 4.69) is 5.32 Å². The highest BCUT2D eigenvalue weighted by Gasteiger charge is 2.27. The lowest BCUT2D eigenvalue weighted by Gasteiger charge is -2.18. The van der Waals surface area contributed by atoms with Gasteiger partial charge in [-0.3, -0.25) is 9.59 Å². The van der Waals surface area contributed by atoms with Crippen LogP contribution in [0.3, 0.4) is 0 Å². The molecule has 1 N–H and O–H groups in total. The van der Waals surface area contributed by atoms with Crippen LogP contribution in [0.15, 0.2) is 83.8 Å². The molecule has 0 fully saturated rings. The zero-order valence-electron chi connectivity index (χ0n) is 16.0. The molecule has 0 unspecified atom stereocenters. The molecular formula is C24H19NO4S. The van der Waals surface area contributed by atoms with Crippen LogP contribution in [0, 0.1) is 0 Å². The lowest BCUT2D eigenvalue weighted by molar-refractivity contribution is -0.115. The second kappa shape index (κ2) is 8.97. The number of Topliss-reactive ketones (excluding diaryl/α,β-unsaturated/α-hetero) is 1. The summed E-state index contributed by atoms with van der Waals surface area (Å²) in [5.41, 5.74) is 1.92. The molecule has 0 aromatic heterocycles. The molecule has 150 valence electrons. The summed E-state index contributed by atoms with van der Waals surface area (Å²) < 4.78 is 5.68. The van der Waals surface area contributed by atoms with Crippen LogP contribution in [0.1, 0.15) is 38.8 Å². The predicted molar refractivity (Wildman–Crippen MR) is 116 cm³/mol. The van der Waals surface area contributed by atoms with Crippen LogP contribution in [0.25, 0.3) is 0 Å². The van der Waals surface area contributed by atoms with Crippen molar-refractivity contribution in [2.75, 3.05) is 11.1 Å². The molecule has 1 atom stereocenters. The number of carbonyl (C=O) groups is 3. The SMILES string of the molecule is O=C1CCSc2ccc(C(=O)O[C@@H](C(=O)c3ccccc3)c3ccccc3)cc2N1. The Kier molecular flexibility index (Phi) is 5.95. The third-order valence-corrected chi connectivity index (χ3v) is 5.77. The Morgan fingerprint density at radius 2 is 1.60 bits per heavy atom. The molecule has 0 spiro atoms. The Morgan fingerprint density at radius 3 is 2.33 bits per heavy atom. The Bertz CT molecular complexity index is 1080. The van der Waals surface area contributed by atoms with Crippen LogP contribution < -0.4 is 5.32 Å². The minimum absolute atomic E-state index is 0.0896. The molecule has 1 aliphatic rings. The van der Waals surface area contributed by atoms with Gasteiger partial charge < -0.3 is 10.1 Å². The van der Waals surface area contributed by atoms with Gasteiger partial charge in [-0.25, -0.2) is 4.79 Å². The van der Waals surface area contributed by atoms with E-state index < -0.39 is 12.1 Å². The number of esters is 1. The van der Waals surface area contributed by atoms with E-state index in [-0.39, 0.29) is 17.3 Å². The highest BCUT2D eigenvalue weighted by molar-refractivity contribution is 7.99.